The van der Waals surface area contributed by atoms with Gasteiger partial charge in [0.2, 0.25) is 0 Å². The highest BCUT2D eigenvalue weighted by Gasteiger charge is 2.26. The van der Waals surface area contributed by atoms with E-state index in [1.54, 1.807) is 0 Å². The Morgan fingerprint density at radius 2 is 1.45 bits per heavy atom. The van der Waals surface area contributed by atoms with Crippen LogP contribution in [0.2, 0.25) is 0 Å². The number of phenolic OH excluding ortho intramolecular Hbond substituents is 2. The number of hydrogen-bond donors (Lipinski definition) is 6. The van der Waals surface area contributed by atoms with E-state index >= 15 is 0 Å². The monoisotopic (exact) mass is 327 g/mol. The first-order valence-electron chi connectivity index (χ1n) is 5.29. The minimum absolute atomic E-state index is 0.0897. The Balaban J connectivity index is 2.96. The Labute approximate surface area is 114 Å². The summed E-state index contributed by atoms with van der Waals surface area (Å²) >= 11 is 0. The fourth-order valence-corrected chi connectivity index (χ4v) is 3.21. The number of rotatable bonds is 6. The van der Waals surface area contributed by atoms with Crippen molar-refractivity contribution in [2.75, 3.05) is 12.6 Å². The summed E-state index contributed by atoms with van der Waals surface area (Å²) in [7, 11) is -9.07. The third-order valence-corrected chi connectivity index (χ3v) is 3.76. The molecule has 0 saturated heterocycles. The van der Waals surface area contributed by atoms with Gasteiger partial charge in [-0.05, 0) is 18.2 Å². The first-order chi connectivity index (χ1) is 8.96. The first-order valence-corrected chi connectivity index (χ1v) is 8.88. The maximum absolute atomic E-state index is 11.0. The van der Waals surface area contributed by atoms with E-state index in [2.05, 4.69) is 0 Å². The van der Waals surface area contributed by atoms with Gasteiger partial charge in [0.05, 0.1) is 0 Å². The molecule has 114 valence electrons. The van der Waals surface area contributed by atoms with Crippen molar-refractivity contribution in [2.45, 2.75) is 6.54 Å². The highest BCUT2D eigenvalue weighted by atomic mass is 31.2. The molecule has 0 bridgehead atoms. The SMILES string of the molecule is O=P(O)(O)CN(Cc1cc(O)ccc1O)CP(=O)(O)O. The summed E-state index contributed by atoms with van der Waals surface area (Å²) in [6, 6.07) is 3.51. The van der Waals surface area contributed by atoms with Crippen LogP contribution in [0.25, 0.3) is 0 Å². The lowest BCUT2D eigenvalue weighted by atomic mass is 10.2. The van der Waals surface area contributed by atoms with Gasteiger partial charge in [-0.1, -0.05) is 0 Å². The molecule has 0 amide bonds. The second-order valence-electron chi connectivity index (χ2n) is 4.25. The molecule has 1 aromatic rings. The summed E-state index contributed by atoms with van der Waals surface area (Å²) < 4.78 is 21.9. The van der Waals surface area contributed by atoms with Gasteiger partial charge in [-0.3, -0.25) is 14.0 Å². The summed E-state index contributed by atoms with van der Waals surface area (Å²) in [5, 5.41) is 18.8. The van der Waals surface area contributed by atoms with Crippen LogP contribution in [0, 0.1) is 0 Å². The number of aromatic hydroxyl groups is 2. The molecule has 0 spiro atoms. The Bertz CT molecular complexity index is 541. The molecule has 0 saturated carbocycles. The Kier molecular flexibility index (Phi) is 5.34. The van der Waals surface area contributed by atoms with Crippen LogP contribution in [-0.2, 0) is 15.7 Å². The number of hydrogen-bond acceptors (Lipinski definition) is 5. The molecule has 0 aliphatic heterocycles. The normalized spacial score (nSPS) is 12.8. The first kappa shape index (κ1) is 17.1. The molecule has 0 heterocycles. The van der Waals surface area contributed by atoms with Crippen molar-refractivity contribution in [3.05, 3.63) is 23.8 Å². The average molecular weight is 327 g/mol. The smallest absolute Gasteiger partial charge is 0.339 e. The molecular formula is C9H15NO8P2. The summed E-state index contributed by atoms with van der Waals surface area (Å²) in [5.41, 5.74) is 0.0897. The zero-order chi connectivity index (χ0) is 15.6. The molecule has 0 fully saturated rings. The van der Waals surface area contributed by atoms with Crippen LogP contribution in [0.3, 0.4) is 0 Å². The zero-order valence-electron chi connectivity index (χ0n) is 10.2. The van der Waals surface area contributed by atoms with E-state index in [-0.39, 0.29) is 23.6 Å². The largest absolute Gasteiger partial charge is 0.508 e. The maximum atomic E-state index is 11.0. The van der Waals surface area contributed by atoms with Crippen LogP contribution in [0.5, 0.6) is 11.5 Å². The molecule has 0 aromatic heterocycles. The predicted octanol–water partition coefficient (Wildman–Crippen LogP) is 0.170. The quantitative estimate of drug-likeness (QED) is 0.316. The molecule has 0 atom stereocenters. The van der Waals surface area contributed by atoms with Gasteiger partial charge in [-0.2, -0.15) is 0 Å². The molecule has 1 aromatic carbocycles. The van der Waals surface area contributed by atoms with Gasteiger partial charge in [0, 0.05) is 12.1 Å². The molecule has 11 heteroatoms. The van der Waals surface area contributed by atoms with Gasteiger partial charge in [0.25, 0.3) is 0 Å². The summed E-state index contributed by atoms with van der Waals surface area (Å²) in [5.74, 6) is -0.450. The van der Waals surface area contributed by atoms with E-state index < -0.39 is 27.8 Å². The van der Waals surface area contributed by atoms with Gasteiger partial charge in [0.15, 0.2) is 0 Å². The third kappa shape index (κ3) is 6.49. The fourth-order valence-electron chi connectivity index (χ4n) is 1.61. The van der Waals surface area contributed by atoms with Gasteiger partial charge in [0.1, 0.15) is 24.1 Å². The van der Waals surface area contributed by atoms with Crippen LogP contribution < -0.4 is 0 Å². The highest BCUT2D eigenvalue weighted by Crippen LogP contribution is 2.41. The molecule has 0 aliphatic rings. The second kappa shape index (κ2) is 6.24. The summed E-state index contributed by atoms with van der Waals surface area (Å²) in [6.45, 7) is -0.337. The van der Waals surface area contributed by atoms with Crippen molar-refractivity contribution >= 4 is 15.2 Å². The van der Waals surface area contributed by atoms with Crippen molar-refractivity contribution in [3.8, 4) is 11.5 Å². The highest BCUT2D eigenvalue weighted by molar-refractivity contribution is 7.52. The van der Waals surface area contributed by atoms with Crippen LogP contribution in [0.15, 0.2) is 18.2 Å². The maximum Gasteiger partial charge on any atom is 0.339 e. The molecule has 1 rings (SSSR count). The number of nitrogens with zero attached hydrogens (tertiary/aromatic N) is 1. The van der Waals surface area contributed by atoms with E-state index in [1.807, 2.05) is 0 Å². The Morgan fingerprint density at radius 3 is 1.90 bits per heavy atom. The minimum Gasteiger partial charge on any atom is -0.508 e. The fraction of sp³-hybridized carbons (Fsp3) is 0.333. The second-order valence-corrected chi connectivity index (χ2v) is 7.48. The molecule has 0 radical (unpaired) electrons. The summed E-state index contributed by atoms with van der Waals surface area (Å²) in [4.78, 5) is 36.4. The molecule has 9 nitrogen and oxygen atoms in total. The Hall–Kier alpha value is -0.920. The van der Waals surface area contributed by atoms with Crippen LogP contribution in [0.4, 0.5) is 0 Å². The van der Waals surface area contributed by atoms with E-state index in [0.717, 1.165) is 17.0 Å². The minimum atomic E-state index is -4.53. The third-order valence-electron chi connectivity index (χ3n) is 2.23. The van der Waals surface area contributed by atoms with Gasteiger partial charge in [-0.15, -0.1) is 0 Å². The molecule has 0 unspecified atom stereocenters. The van der Waals surface area contributed by atoms with Crippen molar-refractivity contribution < 1.29 is 38.9 Å². The lowest BCUT2D eigenvalue weighted by Gasteiger charge is -2.23. The number of phenols is 2. The van der Waals surface area contributed by atoms with E-state index in [1.165, 1.54) is 6.07 Å². The van der Waals surface area contributed by atoms with Crippen molar-refractivity contribution in [3.63, 3.8) is 0 Å². The zero-order valence-corrected chi connectivity index (χ0v) is 12.0. The standard InChI is InChI=1S/C9H15NO8P2/c11-8-1-2-9(12)7(3-8)4-10(5-19(13,14)15)6-20(16,17)18/h1-3,11-12H,4-6H2,(H2,13,14,15)(H2,16,17,18). The van der Waals surface area contributed by atoms with Crippen molar-refractivity contribution in [2.24, 2.45) is 0 Å². The topological polar surface area (TPSA) is 159 Å². The van der Waals surface area contributed by atoms with Gasteiger partial charge < -0.3 is 29.8 Å². The molecular weight excluding hydrogens is 312 g/mol. The lowest BCUT2D eigenvalue weighted by molar-refractivity contribution is 0.270. The van der Waals surface area contributed by atoms with Gasteiger partial charge in [-0.25, -0.2) is 0 Å². The van der Waals surface area contributed by atoms with E-state index in [9.17, 15) is 19.3 Å². The van der Waals surface area contributed by atoms with Crippen molar-refractivity contribution in [1.82, 2.24) is 4.90 Å². The van der Waals surface area contributed by atoms with Crippen LogP contribution in [0.1, 0.15) is 5.56 Å². The molecule has 6 N–H and O–H groups in total. The lowest BCUT2D eigenvalue weighted by Crippen LogP contribution is -2.25. The predicted molar refractivity (Wildman–Crippen MR) is 69.1 cm³/mol. The summed E-state index contributed by atoms with van der Waals surface area (Å²) in [6.07, 6.45) is -1.76. The molecule has 0 aliphatic carbocycles. The Morgan fingerprint density at radius 1 is 0.950 bits per heavy atom. The van der Waals surface area contributed by atoms with E-state index in [4.69, 9.17) is 19.6 Å². The van der Waals surface area contributed by atoms with Crippen molar-refractivity contribution in [1.29, 1.82) is 0 Å². The average Bonchev–Trinajstić information content (AvgIpc) is 2.18. The molecule has 20 heavy (non-hydrogen) atoms. The van der Waals surface area contributed by atoms with Crippen LogP contribution in [-0.4, -0.2) is 47.3 Å². The van der Waals surface area contributed by atoms with E-state index in [0.29, 0.717) is 0 Å². The number of benzene rings is 1. The van der Waals surface area contributed by atoms with Gasteiger partial charge >= 0.3 is 15.2 Å². The van der Waals surface area contributed by atoms with Crippen LogP contribution >= 0.6 is 15.2 Å².